The maximum atomic E-state index is 5.46. The number of aliphatic imine (C=N–C) groups is 1. The van der Waals surface area contributed by atoms with Crippen molar-refractivity contribution >= 4 is 17.6 Å². The summed E-state index contributed by atoms with van der Waals surface area (Å²) in [7, 11) is 0. The van der Waals surface area contributed by atoms with E-state index in [9.17, 15) is 0 Å². The van der Waals surface area contributed by atoms with Crippen molar-refractivity contribution in [1.82, 2.24) is 15.2 Å². The van der Waals surface area contributed by atoms with Gasteiger partial charge in [-0.1, -0.05) is 109 Å². The Balaban J connectivity index is 0.965. The van der Waals surface area contributed by atoms with Crippen molar-refractivity contribution in [2.75, 3.05) is 4.90 Å². The van der Waals surface area contributed by atoms with Gasteiger partial charge in [0.05, 0.1) is 6.17 Å². The summed E-state index contributed by atoms with van der Waals surface area (Å²) in [4.78, 5) is 8.39. The molecule has 6 aliphatic carbocycles. The van der Waals surface area contributed by atoms with Crippen LogP contribution in [0.2, 0.25) is 0 Å². The molecule has 0 amide bonds. The van der Waals surface area contributed by atoms with E-state index in [0.717, 1.165) is 63.6 Å². The fourth-order valence-electron chi connectivity index (χ4n) is 11.2. The van der Waals surface area contributed by atoms with Gasteiger partial charge in [0, 0.05) is 59.0 Å². The third-order valence-electron chi connectivity index (χ3n) is 13.6. The Morgan fingerprint density at radius 3 is 2.53 bits per heavy atom. The number of fused-ring (bicyclic) bond motifs is 7. The minimum atomic E-state index is -0.0289. The average molecular weight is 696 g/mol. The summed E-state index contributed by atoms with van der Waals surface area (Å²) in [6.07, 6.45) is 38.4. The first kappa shape index (κ1) is 31.6. The van der Waals surface area contributed by atoms with E-state index in [1.807, 2.05) is 0 Å². The lowest BCUT2D eigenvalue weighted by atomic mass is 9.74. The summed E-state index contributed by atoms with van der Waals surface area (Å²) < 4.78 is 2.66. The van der Waals surface area contributed by atoms with E-state index in [1.165, 1.54) is 33.8 Å². The van der Waals surface area contributed by atoms with Crippen LogP contribution in [0.3, 0.4) is 0 Å². The Morgan fingerprint density at radius 1 is 0.736 bits per heavy atom. The summed E-state index contributed by atoms with van der Waals surface area (Å²) in [6, 6.07) is 21.5. The third kappa shape index (κ3) is 5.18. The van der Waals surface area contributed by atoms with E-state index in [0.29, 0.717) is 35.8 Å². The van der Waals surface area contributed by atoms with Crippen LogP contribution < -0.4 is 15.5 Å². The third-order valence-corrected chi connectivity index (χ3v) is 13.6. The van der Waals surface area contributed by atoms with Crippen molar-refractivity contribution in [3.8, 4) is 5.69 Å². The monoisotopic (exact) mass is 695 g/mol. The normalized spacial score (nSPS) is 31.8. The zero-order valence-corrected chi connectivity index (χ0v) is 30.4. The second kappa shape index (κ2) is 12.9. The number of anilines is 1. The molecule has 8 atom stereocenters. The SMILES string of the molecule is C1=CCC(C2NC(C3=CCC(N4c5ccccc5C5Cc6c7c(n(-c8ccccc8)c6CC54)CCC=C7)C4CC=CC34)=NC(C3=CCCC=C3)N2)C=C1. The maximum absolute atomic E-state index is 5.46. The zero-order chi connectivity index (χ0) is 34.9. The molecule has 3 heterocycles. The number of nitrogens with zero attached hydrogens (tertiary/aromatic N) is 3. The number of nitrogens with one attached hydrogen (secondary N) is 2. The molecule has 8 aliphatic rings. The van der Waals surface area contributed by atoms with Crippen LogP contribution >= 0.6 is 0 Å². The van der Waals surface area contributed by atoms with Gasteiger partial charge in [-0.3, -0.25) is 5.32 Å². The molecule has 0 bridgehead atoms. The Labute approximate surface area is 314 Å². The van der Waals surface area contributed by atoms with E-state index < -0.39 is 0 Å². The van der Waals surface area contributed by atoms with Crippen LogP contribution in [0.5, 0.6) is 0 Å². The predicted molar refractivity (Wildman–Crippen MR) is 217 cm³/mol. The lowest BCUT2D eigenvalue weighted by Crippen LogP contribution is -2.59. The first-order valence-electron chi connectivity index (χ1n) is 20.3. The molecule has 0 saturated heterocycles. The van der Waals surface area contributed by atoms with Crippen LogP contribution in [0.4, 0.5) is 5.69 Å². The molecule has 53 heavy (non-hydrogen) atoms. The lowest BCUT2D eigenvalue weighted by Gasteiger charge is -2.46. The Kier molecular flexibility index (Phi) is 7.71. The highest BCUT2D eigenvalue weighted by molar-refractivity contribution is 6.00. The van der Waals surface area contributed by atoms with E-state index >= 15 is 0 Å². The molecule has 8 unspecified atom stereocenters. The molecule has 5 heteroatoms. The Morgan fingerprint density at radius 2 is 1.64 bits per heavy atom. The number of hydrogen-bond donors (Lipinski definition) is 2. The molecule has 11 rings (SSSR count). The summed E-state index contributed by atoms with van der Waals surface area (Å²) in [5.74, 6) is 2.87. The number of benzene rings is 2. The molecule has 0 spiro atoms. The van der Waals surface area contributed by atoms with Crippen LogP contribution in [0, 0.1) is 17.8 Å². The van der Waals surface area contributed by atoms with Gasteiger partial charge < -0.3 is 14.8 Å². The predicted octanol–water partition coefficient (Wildman–Crippen LogP) is 9.05. The molecule has 5 nitrogen and oxygen atoms in total. The molecule has 0 radical (unpaired) electrons. The number of amidine groups is 1. The van der Waals surface area contributed by atoms with Crippen molar-refractivity contribution in [3.63, 3.8) is 0 Å². The maximum Gasteiger partial charge on any atom is 0.129 e. The molecule has 2 N–H and O–H groups in total. The summed E-state index contributed by atoms with van der Waals surface area (Å²) in [5.41, 5.74) is 13.2. The van der Waals surface area contributed by atoms with Gasteiger partial charge in [0.1, 0.15) is 12.0 Å². The molecule has 0 fully saturated rings. The minimum Gasteiger partial charge on any atom is -0.364 e. The van der Waals surface area contributed by atoms with E-state index in [4.69, 9.17) is 4.99 Å². The number of para-hydroxylation sites is 2. The van der Waals surface area contributed by atoms with Crippen LogP contribution in [-0.2, 0) is 19.3 Å². The number of hydrogen-bond acceptors (Lipinski definition) is 4. The van der Waals surface area contributed by atoms with Crippen LogP contribution in [0.25, 0.3) is 11.8 Å². The quantitative estimate of drug-likeness (QED) is 0.262. The summed E-state index contributed by atoms with van der Waals surface area (Å²) in [6.45, 7) is 0. The molecule has 3 aromatic rings. The fourth-order valence-corrected chi connectivity index (χ4v) is 11.2. The van der Waals surface area contributed by atoms with E-state index in [-0.39, 0.29) is 12.3 Å². The van der Waals surface area contributed by atoms with Crippen molar-refractivity contribution in [1.29, 1.82) is 0 Å². The van der Waals surface area contributed by atoms with Crippen LogP contribution in [-0.4, -0.2) is 34.8 Å². The highest BCUT2D eigenvalue weighted by Gasteiger charge is 2.50. The highest BCUT2D eigenvalue weighted by atomic mass is 15.3. The van der Waals surface area contributed by atoms with E-state index in [2.05, 4.69) is 148 Å². The Hall–Kier alpha value is -4.87. The Bertz CT molecular complexity index is 2190. The second-order valence-corrected chi connectivity index (χ2v) is 16.3. The molecule has 1 aromatic heterocycles. The van der Waals surface area contributed by atoms with Gasteiger partial charge in [0.25, 0.3) is 0 Å². The van der Waals surface area contributed by atoms with Crippen molar-refractivity contribution in [2.24, 2.45) is 22.7 Å². The number of aromatic nitrogens is 1. The van der Waals surface area contributed by atoms with Gasteiger partial charge in [-0.15, -0.1) is 0 Å². The van der Waals surface area contributed by atoms with Gasteiger partial charge in [-0.25, -0.2) is 4.99 Å². The number of allylic oxidation sites excluding steroid dienone is 8. The number of rotatable bonds is 5. The fraction of sp³-hybridized carbons (Fsp3) is 0.354. The molecular weight excluding hydrogens is 647 g/mol. The molecule has 2 aromatic carbocycles. The largest absolute Gasteiger partial charge is 0.364 e. The highest BCUT2D eigenvalue weighted by Crippen LogP contribution is 2.53. The van der Waals surface area contributed by atoms with Crippen LogP contribution in [0.1, 0.15) is 72.5 Å². The van der Waals surface area contributed by atoms with Gasteiger partial charge in [-0.05, 0) is 103 Å². The van der Waals surface area contributed by atoms with Gasteiger partial charge in [0.2, 0.25) is 0 Å². The molecule has 0 saturated carbocycles. The molecule has 2 aliphatic heterocycles. The zero-order valence-electron chi connectivity index (χ0n) is 30.4. The minimum absolute atomic E-state index is 0.0289. The van der Waals surface area contributed by atoms with Crippen molar-refractivity contribution < 1.29 is 0 Å². The first-order chi connectivity index (χ1) is 26.3. The first-order valence-corrected chi connectivity index (χ1v) is 20.3. The van der Waals surface area contributed by atoms with Crippen molar-refractivity contribution in [2.45, 2.75) is 88.1 Å². The average Bonchev–Trinajstić information content (AvgIpc) is 3.94. The van der Waals surface area contributed by atoms with Crippen molar-refractivity contribution in [3.05, 3.63) is 161 Å². The van der Waals surface area contributed by atoms with Gasteiger partial charge in [0.15, 0.2) is 0 Å². The second-order valence-electron chi connectivity index (χ2n) is 16.3. The van der Waals surface area contributed by atoms with E-state index in [1.54, 1.807) is 16.8 Å². The topological polar surface area (TPSA) is 44.6 Å². The summed E-state index contributed by atoms with van der Waals surface area (Å²) in [5, 5.41) is 7.85. The van der Waals surface area contributed by atoms with Gasteiger partial charge in [-0.2, -0.15) is 0 Å². The van der Waals surface area contributed by atoms with Crippen LogP contribution in [0.15, 0.2) is 138 Å². The molecular formula is C48H49N5. The smallest absolute Gasteiger partial charge is 0.129 e. The summed E-state index contributed by atoms with van der Waals surface area (Å²) >= 11 is 0. The van der Waals surface area contributed by atoms with Gasteiger partial charge >= 0.3 is 0 Å². The standard InChI is InChI=1S/C48H49N5/c1-4-15-31(16-5-1)46-49-47(32-17-6-2-7-18-32)51-48(50-46)38-27-28-43(35-24-14-23-34(35)38)53-42-26-13-11-22-37(42)40-29-39-36-21-10-12-25-41(36)52(44(39)30-45(40)53)33-19-8-3-9-20-33/h1,3-6,8-11,13-15,17-23,26-27,31,34-35,40,43,45-47,49H,2,7,12,16,24-25,28-30H2,(H,50,51). The lowest BCUT2D eigenvalue weighted by molar-refractivity contribution is 0.312. The molecule has 266 valence electrons.